The highest BCUT2D eigenvalue weighted by molar-refractivity contribution is 7.89. The number of hydrogen-bond donors (Lipinski definition) is 1. The van der Waals surface area contributed by atoms with Crippen molar-refractivity contribution in [2.75, 3.05) is 13.1 Å². The summed E-state index contributed by atoms with van der Waals surface area (Å²) in [6.07, 6.45) is 1.06. The van der Waals surface area contributed by atoms with E-state index in [1.807, 2.05) is 13.8 Å². The van der Waals surface area contributed by atoms with E-state index in [9.17, 15) is 13.2 Å². The first kappa shape index (κ1) is 17.2. The SMILES string of the molecule is CC(C)NC(=O)C1CCN(S(=O)(=O)c2ccccc2Cl)CC1. The van der Waals surface area contributed by atoms with Gasteiger partial charge in [-0.3, -0.25) is 4.79 Å². The van der Waals surface area contributed by atoms with Gasteiger partial charge < -0.3 is 5.32 Å². The van der Waals surface area contributed by atoms with Crippen LogP contribution < -0.4 is 5.32 Å². The van der Waals surface area contributed by atoms with Gasteiger partial charge in [0, 0.05) is 25.0 Å². The van der Waals surface area contributed by atoms with Gasteiger partial charge in [-0.2, -0.15) is 4.31 Å². The van der Waals surface area contributed by atoms with Crippen molar-refractivity contribution in [2.24, 2.45) is 5.92 Å². The Morgan fingerprint density at radius 1 is 1.27 bits per heavy atom. The third kappa shape index (κ3) is 3.80. The molecule has 0 aromatic heterocycles. The van der Waals surface area contributed by atoms with E-state index in [1.54, 1.807) is 18.2 Å². The Bertz CT molecular complexity index is 638. The number of nitrogens with zero attached hydrogens (tertiary/aromatic N) is 1. The van der Waals surface area contributed by atoms with Crippen molar-refractivity contribution in [1.82, 2.24) is 9.62 Å². The highest BCUT2D eigenvalue weighted by Crippen LogP contribution is 2.28. The van der Waals surface area contributed by atoms with E-state index >= 15 is 0 Å². The molecule has 5 nitrogen and oxygen atoms in total. The molecular formula is C15H21ClN2O3S. The van der Waals surface area contributed by atoms with E-state index in [-0.39, 0.29) is 27.8 Å². The number of halogens is 1. The molecule has 1 saturated heterocycles. The molecule has 1 aliphatic rings. The minimum Gasteiger partial charge on any atom is -0.354 e. The van der Waals surface area contributed by atoms with Crippen molar-refractivity contribution in [2.45, 2.75) is 37.6 Å². The molecule has 0 unspecified atom stereocenters. The first-order chi connectivity index (χ1) is 10.3. The highest BCUT2D eigenvalue weighted by atomic mass is 35.5. The Balaban J connectivity index is 2.05. The first-order valence-electron chi connectivity index (χ1n) is 7.37. The number of nitrogens with one attached hydrogen (secondary N) is 1. The maximum atomic E-state index is 12.6. The molecular weight excluding hydrogens is 324 g/mol. The molecule has 1 aromatic carbocycles. The summed E-state index contributed by atoms with van der Waals surface area (Å²) in [5, 5.41) is 3.10. The van der Waals surface area contributed by atoms with Crippen LogP contribution in [0.1, 0.15) is 26.7 Å². The predicted molar refractivity (Wildman–Crippen MR) is 86.2 cm³/mol. The van der Waals surface area contributed by atoms with Gasteiger partial charge in [0.05, 0.1) is 5.02 Å². The molecule has 2 rings (SSSR count). The second-order valence-electron chi connectivity index (χ2n) is 5.77. The van der Waals surface area contributed by atoms with Gasteiger partial charge in [0.15, 0.2) is 0 Å². The molecule has 0 atom stereocenters. The molecule has 122 valence electrons. The van der Waals surface area contributed by atoms with Crippen LogP contribution in [0.5, 0.6) is 0 Å². The number of carbonyl (C=O) groups excluding carboxylic acids is 1. The number of hydrogen-bond acceptors (Lipinski definition) is 3. The summed E-state index contributed by atoms with van der Waals surface area (Å²) in [5.41, 5.74) is 0. The fraction of sp³-hybridized carbons (Fsp3) is 0.533. The van der Waals surface area contributed by atoms with Crippen molar-refractivity contribution in [3.05, 3.63) is 29.3 Å². The van der Waals surface area contributed by atoms with E-state index < -0.39 is 10.0 Å². The minimum atomic E-state index is -3.60. The Morgan fingerprint density at radius 3 is 2.41 bits per heavy atom. The molecule has 1 aromatic rings. The first-order valence-corrected chi connectivity index (χ1v) is 9.19. The summed E-state index contributed by atoms with van der Waals surface area (Å²) in [6.45, 7) is 4.50. The lowest BCUT2D eigenvalue weighted by Gasteiger charge is -2.31. The number of piperidine rings is 1. The Labute approximate surface area is 136 Å². The van der Waals surface area contributed by atoms with Gasteiger partial charge in [-0.15, -0.1) is 0 Å². The van der Waals surface area contributed by atoms with Crippen molar-refractivity contribution in [1.29, 1.82) is 0 Å². The molecule has 1 heterocycles. The topological polar surface area (TPSA) is 66.5 Å². The summed E-state index contributed by atoms with van der Waals surface area (Å²) < 4.78 is 26.6. The van der Waals surface area contributed by atoms with Crippen LogP contribution in [0, 0.1) is 5.92 Å². The average molecular weight is 345 g/mol. The number of sulfonamides is 1. The van der Waals surface area contributed by atoms with Crippen molar-refractivity contribution >= 4 is 27.5 Å². The smallest absolute Gasteiger partial charge is 0.244 e. The summed E-state index contributed by atoms with van der Waals surface area (Å²) in [6, 6.07) is 6.52. The average Bonchev–Trinajstić information content (AvgIpc) is 2.47. The van der Waals surface area contributed by atoms with Gasteiger partial charge in [0.25, 0.3) is 0 Å². The standard InChI is InChI=1S/C15H21ClN2O3S/c1-11(2)17-15(19)12-7-9-18(10-8-12)22(20,21)14-6-4-3-5-13(14)16/h3-6,11-12H,7-10H2,1-2H3,(H,17,19). The quantitative estimate of drug-likeness (QED) is 0.911. The molecule has 0 aliphatic carbocycles. The molecule has 0 spiro atoms. The van der Waals surface area contributed by atoms with Gasteiger partial charge in [0.1, 0.15) is 4.90 Å². The van der Waals surface area contributed by atoms with E-state index in [1.165, 1.54) is 10.4 Å². The lowest BCUT2D eigenvalue weighted by Crippen LogP contribution is -2.44. The molecule has 1 amide bonds. The Kier molecular flexibility index (Phi) is 5.47. The Morgan fingerprint density at radius 2 is 1.86 bits per heavy atom. The van der Waals surface area contributed by atoms with Gasteiger partial charge >= 0.3 is 0 Å². The fourth-order valence-electron chi connectivity index (χ4n) is 2.55. The lowest BCUT2D eigenvalue weighted by atomic mass is 9.97. The normalized spacial score (nSPS) is 17.6. The number of benzene rings is 1. The zero-order valence-corrected chi connectivity index (χ0v) is 14.3. The number of rotatable bonds is 4. The second-order valence-corrected chi connectivity index (χ2v) is 8.09. The van der Waals surface area contributed by atoms with Crippen LogP contribution in [0.4, 0.5) is 0 Å². The van der Waals surface area contributed by atoms with E-state index in [4.69, 9.17) is 11.6 Å². The molecule has 0 bridgehead atoms. The molecule has 22 heavy (non-hydrogen) atoms. The minimum absolute atomic E-state index is 0.00444. The van der Waals surface area contributed by atoms with E-state index in [2.05, 4.69) is 5.32 Å². The van der Waals surface area contributed by atoms with Crippen molar-refractivity contribution in [3.8, 4) is 0 Å². The van der Waals surface area contributed by atoms with Gasteiger partial charge in [-0.05, 0) is 38.8 Å². The summed E-state index contributed by atoms with van der Waals surface area (Å²) in [7, 11) is -3.60. The largest absolute Gasteiger partial charge is 0.354 e. The molecule has 1 N–H and O–H groups in total. The van der Waals surface area contributed by atoms with Crippen molar-refractivity contribution < 1.29 is 13.2 Å². The van der Waals surface area contributed by atoms with Crippen LogP contribution in [0.3, 0.4) is 0 Å². The fourth-order valence-corrected chi connectivity index (χ4v) is 4.52. The third-order valence-electron chi connectivity index (χ3n) is 3.71. The monoisotopic (exact) mass is 344 g/mol. The molecule has 1 fully saturated rings. The summed E-state index contributed by atoms with van der Waals surface area (Å²) in [4.78, 5) is 12.1. The lowest BCUT2D eigenvalue weighted by molar-refractivity contribution is -0.126. The number of amides is 1. The predicted octanol–water partition coefficient (Wildman–Crippen LogP) is 2.27. The van der Waals surface area contributed by atoms with Crippen LogP contribution in [-0.4, -0.2) is 37.8 Å². The van der Waals surface area contributed by atoms with Crippen LogP contribution in [0.25, 0.3) is 0 Å². The number of carbonyl (C=O) groups is 1. The third-order valence-corrected chi connectivity index (χ3v) is 6.11. The van der Waals surface area contributed by atoms with Gasteiger partial charge in [0.2, 0.25) is 15.9 Å². The van der Waals surface area contributed by atoms with Gasteiger partial charge in [-0.25, -0.2) is 8.42 Å². The van der Waals surface area contributed by atoms with Crippen LogP contribution in [0.2, 0.25) is 5.02 Å². The zero-order valence-electron chi connectivity index (χ0n) is 12.8. The summed E-state index contributed by atoms with van der Waals surface area (Å²) >= 11 is 5.99. The van der Waals surface area contributed by atoms with Gasteiger partial charge in [-0.1, -0.05) is 23.7 Å². The maximum Gasteiger partial charge on any atom is 0.244 e. The van der Waals surface area contributed by atoms with E-state index in [0.717, 1.165) is 0 Å². The van der Waals surface area contributed by atoms with Crippen LogP contribution in [-0.2, 0) is 14.8 Å². The summed E-state index contributed by atoms with van der Waals surface area (Å²) in [5.74, 6) is -0.120. The second kappa shape index (κ2) is 6.98. The molecule has 1 aliphatic heterocycles. The highest BCUT2D eigenvalue weighted by Gasteiger charge is 2.33. The molecule has 0 radical (unpaired) electrons. The van der Waals surface area contributed by atoms with Crippen molar-refractivity contribution in [3.63, 3.8) is 0 Å². The molecule has 0 saturated carbocycles. The maximum absolute atomic E-state index is 12.6. The molecule has 7 heteroatoms. The zero-order chi connectivity index (χ0) is 16.3. The van der Waals surface area contributed by atoms with Crippen LogP contribution in [0.15, 0.2) is 29.2 Å². The Hall–Kier alpha value is -1.11. The van der Waals surface area contributed by atoms with E-state index in [0.29, 0.717) is 25.9 Å². The van der Waals surface area contributed by atoms with Crippen LogP contribution >= 0.6 is 11.6 Å².